The molecule has 0 spiro atoms. The van der Waals surface area contributed by atoms with Gasteiger partial charge in [-0.05, 0) is 37.0 Å². The summed E-state index contributed by atoms with van der Waals surface area (Å²) in [6.07, 6.45) is 1.92. The Labute approximate surface area is 114 Å². The largest absolute Gasteiger partial charge is 0.381 e. The number of amides is 1. The van der Waals surface area contributed by atoms with Crippen LogP contribution < -0.4 is 5.32 Å². The molecule has 1 heterocycles. The third kappa shape index (κ3) is 3.53. The summed E-state index contributed by atoms with van der Waals surface area (Å²) in [7, 11) is 0. The van der Waals surface area contributed by atoms with Crippen molar-refractivity contribution in [1.29, 1.82) is 0 Å². The van der Waals surface area contributed by atoms with Gasteiger partial charge in [-0.2, -0.15) is 0 Å². The van der Waals surface area contributed by atoms with E-state index in [1.165, 1.54) is 12.1 Å². The van der Waals surface area contributed by atoms with Crippen LogP contribution in [0.15, 0.2) is 22.7 Å². The number of rotatable bonds is 4. The second kappa shape index (κ2) is 6.29. The maximum atomic E-state index is 13.4. The quantitative estimate of drug-likeness (QED) is 0.927. The molecule has 0 aliphatic carbocycles. The summed E-state index contributed by atoms with van der Waals surface area (Å²) in [4.78, 5) is 11.8. The molecule has 2 rings (SSSR count). The molecule has 0 saturated carbocycles. The monoisotopic (exact) mass is 315 g/mol. The van der Waals surface area contributed by atoms with E-state index in [1.54, 1.807) is 6.07 Å². The maximum absolute atomic E-state index is 13.4. The average Bonchev–Trinajstić information content (AvgIpc) is 2.85. The summed E-state index contributed by atoms with van der Waals surface area (Å²) in [6.45, 7) is 2.12. The van der Waals surface area contributed by atoms with Gasteiger partial charge in [-0.1, -0.05) is 15.9 Å². The van der Waals surface area contributed by atoms with Gasteiger partial charge in [0.2, 0.25) is 0 Å². The van der Waals surface area contributed by atoms with E-state index in [-0.39, 0.29) is 11.5 Å². The number of carbonyl (C=O) groups is 1. The molecule has 1 unspecified atom stereocenters. The Morgan fingerprint density at radius 1 is 1.56 bits per heavy atom. The lowest BCUT2D eigenvalue weighted by molar-refractivity contribution is 0.0946. The van der Waals surface area contributed by atoms with Gasteiger partial charge < -0.3 is 10.1 Å². The van der Waals surface area contributed by atoms with Gasteiger partial charge in [0.1, 0.15) is 5.82 Å². The molecule has 1 saturated heterocycles. The third-order valence-corrected chi connectivity index (χ3v) is 3.53. The van der Waals surface area contributed by atoms with Crippen molar-refractivity contribution in [2.24, 2.45) is 5.92 Å². The summed E-state index contributed by atoms with van der Waals surface area (Å²) >= 11 is 3.22. The van der Waals surface area contributed by atoms with E-state index in [0.29, 0.717) is 16.9 Å². The molecule has 1 atom stereocenters. The molecular formula is C13H15BrFNO2. The van der Waals surface area contributed by atoms with Crippen LogP contribution in [0.25, 0.3) is 0 Å². The van der Waals surface area contributed by atoms with Crippen molar-refractivity contribution in [3.8, 4) is 0 Å². The molecule has 1 fully saturated rings. The Hall–Kier alpha value is -0.940. The SMILES string of the molecule is O=C(NCCC1CCOC1)c1cc(Br)ccc1F. The molecule has 1 aromatic rings. The molecule has 0 radical (unpaired) electrons. The van der Waals surface area contributed by atoms with Crippen molar-refractivity contribution < 1.29 is 13.9 Å². The molecule has 3 nitrogen and oxygen atoms in total. The fraction of sp³-hybridized carbons (Fsp3) is 0.462. The first-order chi connectivity index (χ1) is 8.66. The van der Waals surface area contributed by atoms with Crippen molar-refractivity contribution >= 4 is 21.8 Å². The number of benzene rings is 1. The highest BCUT2D eigenvalue weighted by Crippen LogP contribution is 2.17. The molecule has 1 aliphatic heterocycles. The van der Waals surface area contributed by atoms with Crippen LogP contribution in [-0.4, -0.2) is 25.7 Å². The first-order valence-corrected chi connectivity index (χ1v) is 6.77. The minimum Gasteiger partial charge on any atom is -0.381 e. The lowest BCUT2D eigenvalue weighted by Gasteiger charge is -2.09. The Kier molecular flexibility index (Phi) is 4.72. The summed E-state index contributed by atoms with van der Waals surface area (Å²) in [5, 5.41) is 2.74. The highest BCUT2D eigenvalue weighted by Gasteiger charge is 2.16. The van der Waals surface area contributed by atoms with Crippen LogP contribution in [-0.2, 0) is 4.74 Å². The standard InChI is InChI=1S/C13H15BrFNO2/c14-10-1-2-12(15)11(7-10)13(17)16-5-3-9-4-6-18-8-9/h1-2,7,9H,3-6,8H2,(H,16,17). The lowest BCUT2D eigenvalue weighted by atomic mass is 10.1. The fourth-order valence-corrected chi connectivity index (χ4v) is 2.33. The van der Waals surface area contributed by atoms with Crippen molar-refractivity contribution in [3.63, 3.8) is 0 Å². The number of ether oxygens (including phenoxy) is 1. The molecule has 98 valence electrons. The van der Waals surface area contributed by atoms with Gasteiger partial charge in [0.05, 0.1) is 5.56 Å². The van der Waals surface area contributed by atoms with E-state index in [9.17, 15) is 9.18 Å². The molecule has 18 heavy (non-hydrogen) atoms. The number of hydrogen-bond donors (Lipinski definition) is 1. The van der Waals surface area contributed by atoms with Gasteiger partial charge in [0.25, 0.3) is 5.91 Å². The van der Waals surface area contributed by atoms with E-state index in [2.05, 4.69) is 21.2 Å². The zero-order chi connectivity index (χ0) is 13.0. The minimum absolute atomic E-state index is 0.0760. The van der Waals surface area contributed by atoms with Crippen LogP contribution in [0.4, 0.5) is 4.39 Å². The van der Waals surface area contributed by atoms with E-state index >= 15 is 0 Å². The smallest absolute Gasteiger partial charge is 0.254 e. The van der Waals surface area contributed by atoms with Gasteiger partial charge in [0.15, 0.2) is 0 Å². The first-order valence-electron chi connectivity index (χ1n) is 5.98. The van der Waals surface area contributed by atoms with Crippen LogP contribution in [0.2, 0.25) is 0 Å². The number of halogens is 2. The molecule has 5 heteroatoms. The molecule has 1 aromatic carbocycles. The van der Waals surface area contributed by atoms with Crippen LogP contribution in [0.5, 0.6) is 0 Å². The summed E-state index contributed by atoms with van der Waals surface area (Å²) in [6, 6.07) is 4.34. The second-order valence-electron chi connectivity index (χ2n) is 4.40. The fourth-order valence-electron chi connectivity index (χ4n) is 1.97. The zero-order valence-electron chi connectivity index (χ0n) is 9.92. The van der Waals surface area contributed by atoms with Crippen molar-refractivity contribution in [2.75, 3.05) is 19.8 Å². The van der Waals surface area contributed by atoms with Crippen LogP contribution in [0, 0.1) is 11.7 Å². The lowest BCUT2D eigenvalue weighted by Crippen LogP contribution is -2.26. The van der Waals surface area contributed by atoms with E-state index in [4.69, 9.17) is 4.74 Å². The molecular weight excluding hydrogens is 301 g/mol. The van der Waals surface area contributed by atoms with E-state index in [0.717, 1.165) is 26.1 Å². The highest BCUT2D eigenvalue weighted by molar-refractivity contribution is 9.10. The normalized spacial score (nSPS) is 18.9. The number of nitrogens with one attached hydrogen (secondary N) is 1. The molecule has 0 aromatic heterocycles. The maximum Gasteiger partial charge on any atom is 0.254 e. The summed E-state index contributed by atoms with van der Waals surface area (Å²) < 4.78 is 19.4. The van der Waals surface area contributed by atoms with Crippen molar-refractivity contribution in [2.45, 2.75) is 12.8 Å². The topological polar surface area (TPSA) is 38.3 Å². The van der Waals surface area contributed by atoms with Crippen molar-refractivity contribution in [1.82, 2.24) is 5.32 Å². The van der Waals surface area contributed by atoms with Gasteiger partial charge in [-0.3, -0.25) is 4.79 Å². The first kappa shape index (κ1) is 13.5. The van der Waals surface area contributed by atoms with E-state index in [1.807, 2.05) is 0 Å². The van der Waals surface area contributed by atoms with Crippen molar-refractivity contribution in [3.05, 3.63) is 34.1 Å². The molecule has 0 bridgehead atoms. The van der Waals surface area contributed by atoms with Crippen LogP contribution >= 0.6 is 15.9 Å². The van der Waals surface area contributed by atoms with Gasteiger partial charge in [-0.25, -0.2) is 4.39 Å². The molecule has 1 amide bonds. The zero-order valence-corrected chi connectivity index (χ0v) is 11.5. The molecule has 1 aliphatic rings. The summed E-state index contributed by atoms with van der Waals surface area (Å²) in [5.41, 5.74) is 0.0760. The Morgan fingerprint density at radius 2 is 2.39 bits per heavy atom. The van der Waals surface area contributed by atoms with Crippen LogP contribution in [0.1, 0.15) is 23.2 Å². The predicted molar refractivity (Wildman–Crippen MR) is 70.0 cm³/mol. The highest BCUT2D eigenvalue weighted by atomic mass is 79.9. The van der Waals surface area contributed by atoms with Gasteiger partial charge >= 0.3 is 0 Å². The molecule has 1 N–H and O–H groups in total. The Morgan fingerprint density at radius 3 is 3.11 bits per heavy atom. The van der Waals surface area contributed by atoms with Gasteiger partial charge in [0, 0.05) is 24.2 Å². The second-order valence-corrected chi connectivity index (χ2v) is 5.31. The Balaban J connectivity index is 1.85. The minimum atomic E-state index is -0.500. The Bertz CT molecular complexity index is 433. The van der Waals surface area contributed by atoms with Crippen LogP contribution in [0.3, 0.4) is 0 Å². The summed E-state index contributed by atoms with van der Waals surface area (Å²) in [5.74, 6) is -0.356. The van der Waals surface area contributed by atoms with E-state index < -0.39 is 5.82 Å². The third-order valence-electron chi connectivity index (χ3n) is 3.04. The van der Waals surface area contributed by atoms with Gasteiger partial charge in [-0.15, -0.1) is 0 Å². The average molecular weight is 316 g/mol. The number of hydrogen-bond acceptors (Lipinski definition) is 2. The number of carbonyl (C=O) groups excluding carboxylic acids is 1. The predicted octanol–water partition coefficient (Wildman–Crippen LogP) is 2.74.